The molecule has 0 spiro atoms. The summed E-state index contributed by atoms with van der Waals surface area (Å²) in [6, 6.07) is 4.95. The lowest BCUT2D eigenvalue weighted by Gasteiger charge is -2.36. The van der Waals surface area contributed by atoms with Crippen LogP contribution in [0.4, 0.5) is 0 Å². The summed E-state index contributed by atoms with van der Waals surface area (Å²) in [6.45, 7) is 15.3. The summed E-state index contributed by atoms with van der Waals surface area (Å²) in [4.78, 5) is 0. The molecule has 0 radical (unpaired) electrons. The van der Waals surface area contributed by atoms with Crippen molar-refractivity contribution >= 4 is 21.2 Å². The van der Waals surface area contributed by atoms with E-state index in [-0.39, 0.29) is 29.3 Å². The molecule has 0 atom stereocenters. The Labute approximate surface area is 147 Å². The first-order chi connectivity index (χ1) is 11.0. The fourth-order valence-corrected chi connectivity index (χ4v) is 4.55. The second-order valence-corrected chi connectivity index (χ2v) is 14.0. The van der Waals surface area contributed by atoms with Gasteiger partial charge in [-0.3, -0.25) is 4.57 Å². The lowest BCUT2D eigenvalue weighted by atomic mass is 10.2. The van der Waals surface area contributed by atoms with Gasteiger partial charge in [0.25, 0.3) is 0 Å². The molecule has 0 saturated carbocycles. The summed E-state index contributed by atoms with van der Waals surface area (Å²) in [7, 11) is -5.42. The number of aromatic hydroxyl groups is 1. The number of hydrogen-bond acceptors (Lipinski definition) is 5. The predicted octanol–water partition coefficient (Wildman–Crippen LogP) is 4.81. The van der Waals surface area contributed by atoms with E-state index in [4.69, 9.17) is 13.5 Å². The van der Waals surface area contributed by atoms with Gasteiger partial charge in [-0.1, -0.05) is 26.8 Å². The van der Waals surface area contributed by atoms with E-state index in [0.29, 0.717) is 6.61 Å². The summed E-state index contributed by atoms with van der Waals surface area (Å²) in [5.74, 6) is -0.0868. The molecule has 7 heteroatoms. The fourth-order valence-electron chi connectivity index (χ4n) is 1.87. The molecule has 0 aromatic heterocycles. The van der Waals surface area contributed by atoms with Crippen LogP contribution in [0.3, 0.4) is 0 Å². The standard InChI is InChI=1S/C17H31O5PSi/c1-8-20-23(19,21-9-2)16-12-14(10-11-15(16)18)13-22-24(6,7)17(3,4)5/h10-12,18H,8-9,13H2,1-7H3. The number of hydrogen-bond donors (Lipinski definition) is 1. The van der Waals surface area contributed by atoms with E-state index in [1.807, 2.05) is 0 Å². The van der Waals surface area contributed by atoms with Crippen LogP contribution in [-0.2, 0) is 24.6 Å². The Kier molecular flexibility index (Phi) is 7.26. The van der Waals surface area contributed by atoms with Crippen molar-refractivity contribution in [2.45, 2.75) is 59.4 Å². The third kappa shape index (κ3) is 5.17. The first-order valence-electron chi connectivity index (χ1n) is 8.32. The van der Waals surface area contributed by atoms with E-state index in [1.165, 1.54) is 6.07 Å². The van der Waals surface area contributed by atoms with Crippen molar-refractivity contribution in [3.63, 3.8) is 0 Å². The molecule has 0 aliphatic heterocycles. The van der Waals surface area contributed by atoms with E-state index >= 15 is 0 Å². The van der Waals surface area contributed by atoms with Gasteiger partial charge in [-0.2, -0.15) is 0 Å². The Hall–Kier alpha value is -0.653. The number of phenolic OH excluding ortho intramolecular Hbond substituents is 1. The summed E-state index contributed by atoms with van der Waals surface area (Å²) >= 11 is 0. The van der Waals surface area contributed by atoms with E-state index < -0.39 is 15.9 Å². The topological polar surface area (TPSA) is 65.0 Å². The van der Waals surface area contributed by atoms with Crippen LogP contribution in [0, 0.1) is 0 Å². The molecule has 1 aromatic rings. The molecule has 0 heterocycles. The SMILES string of the molecule is CCOP(=O)(OCC)c1cc(CO[Si](C)(C)C(C)(C)C)ccc1O. The van der Waals surface area contributed by atoms with E-state index in [2.05, 4.69) is 33.9 Å². The third-order valence-corrected chi connectivity index (χ3v) is 11.0. The minimum absolute atomic E-state index is 0.0868. The normalized spacial score (nSPS) is 13.3. The van der Waals surface area contributed by atoms with Crippen molar-refractivity contribution < 1.29 is 23.1 Å². The quantitative estimate of drug-likeness (QED) is 0.523. The summed E-state index contributed by atoms with van der Waals surface area (Å²) in [5.41, 5.74) is 0.840. The Balaban J connectivity index is 3.08. The van der Waals surface area contributed by atoms with Gasteiger partial charge >= 0.3 is 7.60 Å². The van der Waals surface area contributed by atoms with Crippen LogP contribution in [-0.4, -0.2) is 26.6 Å². The predicted molar refractivity (Wildman–Crippen MR) is 101 cm³/mol. The second kappa shape index (κ2) is 8.15. The molecular weight excluding hydrogens is 343 g/mol. The molecule has 0 fully saturated rings. The smallest absolute Gasteiger partial charge is 0.365 e. The summed E-state index contributed by atoms with van der Waals surface area (Å²) in [5, 5.41) is 10.4. The van der Waals surface area contributed by atoms with Gasteiger partial charge in [0.05, 0.1) is 19.8 Å². The maximum atomic E-state index is 12.9. The largest absolute Gasteiger partial charge is 0.507 e. The van der Waals surface area contributed by atoms with Crippen LogP contribution in [0.25, 0.3) is 0 Å². The highest BCUT2D eigenvalue weighted by Crippen LogP contribution is 2.49. The fraction of sp³-hybridized carbons (Fsp3) is 0.647. The second-order valence-electron chi connectivity index (χ2n) is 7.21. The molecule has 1 aromatic carbocycles. The van der Waals surface area contributed by atoms with Crippen LogP contribution >= 0.6 is 7.60 Å². The van der Waals surface area contributed by atoms with Gasteiger partial charge in [0.1, 0.15) is 11.1 Å². The molecule has 5 nitrogen and oxygen atoms in total. The first kappa shape index (κ1) is 21.4. The molecule has 0 aliphatic rings. The summed E-state index contributed by atoms with van der Waals surface area (Å²) in [6.07, 6.45) is 0. The molecule has 0 aliphatic carbocycles. The van der Waals surface area contributed by atoms with E-state index in [1.54, 1.807) is 26.0 Å². The van der Waals surface area contributed by atoms with Gasteiger partial charge in [0, 0.05) is 0 Å². The van der Waals surface area contributed by atoms with Crippen molar-refractivity contribution in [1.82, 2.24) is 0 Å². The van der Waals surface area contributed by atoms with E-state index in [9.17, 15) is 9.67 Å². The van der Waals surface area contributed by atoms with Gasteiger partial charge in [-0.15, -0.1) is 0 Å². The zero-order valence-corrected chi connectivity index (χ0v) is 17.8. The summed E-state index contributed by atoms with van der Waals surface area (Å²) < 4.78 is 29.8. The van der Waals surface area contributed by atoms with Gasteiger partial charge in [0.15, 0.2) is 8.32 Å². The van der Waals surface area contributed by atoms with Crippen LogP contribution in [0.2, 0.25) is 18.1 Å². The maximum Gasteiger partial charge on any atom is 0.365 e. The van der Waals surface area contributed by atoms with Gasteiger partial charge in [0.2, 0.25) is 0 Å². The van der Waals surface area contributed by atoms with Crippen LogP contribution < -0.4 is 5.30 Å². The Morgan fingerprint density at radius 1 is 1.12 bits per heavy atom. The minimum atomic E-state index is -3.53. The molecule has 24 heavy (non-hydrogen) atoms. The molecule has 0 saturated heterocycles. The maximum absolute atomic E-state index is 12.9. The Morgan fingerprint density at radius 2 is 1.67 bits per heavy atom. The van der Waals surface area contributed by atoms with Crippen LogP contribution in [0.5, 0.6) is 5.75 Å². The van der Waals surface area contributed by atoms with Crippen molar-refractivity contribution in [2.24, 2.45) is 0 Å². The minimum Gasteiger partial charge on any atom is -0.507 e. The molecule has 0 unspecified atom stereocenters. The molecular formula is C17H31O5PSi. The van der Waals surface area contributed by atoms with Crippen molar-refractivity contribution in [3.8, 4) is 5.75 Å². The van der Waals surface area contributed by atoms with Crippen molar-refractivity contribution in [2.75, 3.05) is 13.2 Å². The van der Waals surface area contributed by atoms with Gasteiger partial charge < -0.3 is 18.6 Å². The molecule has 0 amide bonds. The highest BCUT2D eigenvalue weighted by Gasteiger charge is 2.37. The van der Waals surface area contributed by atoms with Crippen LogP contribution in [0.15, 0.2) is 18.2 Å². The van der Waals surface area contributed by atoms with Gasteiger partial charge in [-0.05, 0) is 49.7 Å². The zero-order valence-electron chi connectivity index (χ0n) is 15.9. The Morgan fingerprint density at radius 3 is 2.12 bits per heavy atom. The Bertz CT molecular complexity index is 585. The average molecular weight is 374 g/mol. The molecule has 138 valence electrons. The van der Waals surface area contributed by atoms with Crippen molar-refractivity contribution in [1.29, 1.82) is 0 Å². The lowest BCUT2D eigenvalue weighted by Crippen LogP contribution is -2.40. The van der Waals surface area contributed by atoms with Crippen LogP contribution in [0.1, 0.15) is 40.2 Å². The third-order valence-electron chi connectivity index (χ3n) is 4.34. The average Bonchev–Trinajstić information content (AvgIpc) is 2.45. The number of phenols is 1. The van der Waals surface area contributed by atoms with E-state index in [0.717, 1.165) is 5.56 Å². The molecule has 1 N–H and O–H groups in total. The number of benzene rings is 1. The first-order valence-corrected chi connectivity index (χ1v) is 12.8. The molecule has 1 rings (SSSR count). The zero-order chi connectivity index (χ0) is 18.6. The highest BCUT2D eigenvalue weighted by atomic mass is 31.2. The van der Waals surface area contributed by atoms with Crippen molar-refractivity contribution in [3.05, 3.63) is 23.8 Å². The monoisotopic (exact) mass is 374 g/mol. The highest BCUT2D eigenvalue weighted by molar-refractivity contribution is 7.62. The van der Waals surface area contributed by atoms with Gasteiger partial charge in [-0.25, -0.2) is 0 Å². The number of rotatable bonds is 8. The molecule has 0 bridgehead atoms. The lowest BCUT2D eigenvalue weighted by molar-refractivity contribution is 0.229.